The Morgan fingerprint density at radius 2 is 2.24 bits per heavy atom. The lowest BCUT2D eigenvalue weighted by Gasteiger charge is -2.13. The fraction of sp³-hybridized carbons (Fsp3) is 0.308. The summed E-state index contributed by atoms with van der Waals surface area (Å²) >= 11 is 0. The highest BCUT2D eigenvalue weighted by Crippen LogP contribution is 2.25. The van der Waals surface area contributed by atoms with Crippen LogP contribution in [0.15, 0.2) is 36.8 Å². The lowest BCUT2D eigenvalue weighted by molar-refractivity contribution is 0.610. The fourth-order valence-electron chi connectivity index (χ4n) is 2.36. The molecular formula is C13H14FN3. The standard InChI is InChI=1S/C13H14FN3/c14-11-3-1-2-4-12(11)17-9-16-8-13(17)10-5-6-15-7-10/h1-4,8-10,15H,5-7H2. The van der Waals surface area contributed by atoms with Crippen molar-refractivity contribution in [2.75, 3.05) is 13.1 Å². The molecule has 1 saturated heterocycles. The minimum Gasteiger partial charge on any atom is -0.316 e. The van der Waals surface area contributed by atoms with Gasteiger partial charge in [-0.3, -0.25) is 0 Å². The Bertz CT molecular complexity index is 515. The molecule has 1 atom stereocenters. The Morgan fingerprint density at radius 1 is 1.35 bits per heavy atom. The maximum Gasteiger partial charge on any atom is 0.147 e. The SMILES string of the molecule is Fc1ccccc1-n1cncc1C1CCNC1. The van der Waals surface area contributed by atoms with Crippen molar-refractivity contribution in [1.82, 2.24) is 14.9 Å². The average molecular weight is 231 g/mol. The number of hydrogen-bond acceptors (Lipinski definition) is 2. The number of hydrogen-bond donors (Lipinski definition) is 1. The van der Waals surface area contributed by atoms with Crippen LogP contribution in [0, 0.1) is 5.82 Å². The zero-order valence-electron chi connectivity index (χ0n) is 9.44. The van der Waals surface area contributed by atoms with Crippen molar-refractivity contribution in [3.63, 3.8) is 0 Å². The molecule has 0 amide bonds. The van der Waals surface area contributed by atoms with Crippen molar-refractivity contribution in [1.29, 1.82) is 0 Å². The predicted molar refractivity (Wildman–Crippen MR) is 63.7 cm³/mol. The van der Waals surface area contributed by atoms with Gasteiger partial charge in [0.15, 0.2) is 0 Å². The van der Waals surface area contributed by atoms with Crippen LogP contribution in [0.25, 0.3) is 5.69 Å². The van der Waals surface area contributed by atoms with Gasteiger partial charge in [-0.25, -0.2) is 9.37 Å². The van der Waals surface area contributed by atoms with Crippen molar-refractivity contribution in [2.45, 2.75) is 12.3 Å². The van der Waals surface area contributed by atoms with Gasteiger partial charge in [0.05, 0.1) is 12.0 Å². The van der Waals surface area contributed by atoms with Crippen molar-refractivity contribution >= 4 is 0 Å². The van der Waals surface area contributed by atoms with Gasteiger partial charge in [0.1, 0.15) is 5.82 Å². The molecule has 1 unspecified atom stereocenters. The molecule has 2 heterocycles. The second-order valence-electron chi connectivity index (χ2n) is 4.33. The summed E-state index contributed by atoms with van der Waals surface area (Å²) in [6, 6.07) is 6.80. The van der Waals surface area contributed by atoms with Gasteiger partial charge in [-0.05, 0) is 25.1 Å². The van der Waals surface area contributed by atoms with E-state index in [2.05, 4.69) is 10.3 Å². The molecule has 2 aromatic rings. The molecule has 1 aliphatic rings. The topological polar surface area (TPSA) is 29.9 Å². The van der Waals surface area contributed by atoms with E-state index in [1.54, 1.807) is 18.5 Å². The van der Waals surface area contributed by atoms with Gasteiger partial charge in [0.2, 0.25) is 0 Å². The van der Waals surface area contributed by atoms with E-state index in [1.807, 2.05) is 16.8 Å². The van der Waals surface area contributed by atoms with E-state index >= 15 is 0 Å². The quantitative estimate of drug-likeness (QED) is 0.857. The summed E-state index contributed by atoms with van der Waals surface area (Å²) in [4.78, 5) is 4.15. The lowest BCUT2D eigenvalue weighted by Crippen LogP contribution is -2.11. The fourth-order valence-corrected chi connectivity index (χ4v) is 2.36. The van der Waals surface area contributed by atoms with Gasteiger partial charge in [0.25, 0.3) is 0 Å². The van der Waals surface area contributed by atoms with Crippen LogP contribution < -0.4 is 5.32 Å². The van der Waals surface area contributed by atoms with Gasteiger partial charge in [-0.1, -0.05) is 12.1 Å². The van der Waals surface area contributed by atoms with E-state index in [0.717, 1.165) is 25.2 Å². The third-order valence-electron chi connectivity index (χ3n) is 3.26. The number of rotatable bonds is 2. The van der Waals surface area contributed by atoms with Gasteiger partial charge >= 0.3 is 0 Å². The van der Waals surface area contributed by atoms with E-state index in [-0.39, 0.29) is 5.82 Å². The minimum absolute atomic E-state index is 0.210. The summed E-state index contributed by atoms with van der Waals surface area (Å²) in [5.74, 6) is 0.217. The van der Waals surface area contributed by atoms with Gasteiger partial charge in [-0.15, -0.1) is 0 Å². The molecule has 3 nitrogen and oxygen atoms in total. The molecule has 0 bridgehead atoms. The summed E-state index contributed by atoms with van der Waals surface area (Å²) in [5, 5.41) is 3.32. The normalized spacial score (nSPS) is 19.7. The monoisotopic (exact) mass is 231 g/mol. The predicted octanol–water partition coefficient (Wildman–Crippen LogP) is 2.09. The highest BCUT2D eigenvalue weighted by Gasteiger charge is 2.21. The summed E-state index contributed by atoms with van der Waals surface area (Å²) in [5.41, 5.74) is 1.66. The van der Waals surface area contributed by atoms with E-state index in [4.69, 9.17) is 0 Å². The van der Waals surface area contributed by atoms with E-state index in [9.17, 15) is 4.39 Å². The lowest BCUT2D eigenvalue weighted by atomic mass is 10.1. The van der Waals surface area contributed by atoms with Crippen molar-refractivity contribution < 1.29 is 4.39 Å². The molecule has 4 heteroatoms. The first-order valence-corrected chi connectivity index (χ1v) is 5.84. The second kappa shape index (κ2) is 4.30. The summed E-state index contributed by atoms with van der Waals surface area (Å²) < 4.78 is 15.6. The minimum atomic E-state index is -0.210. The molecule has 1 N–H and O–H groups in total. The molecule has 0 saturated carbocycles. The van der Waals surface area contributed by atoms with Crippen LogP contribution in [0.4, 0.5) is 4.39 Å². The van der Waals surface area contributed by atoms with Gasteiger partial charge in [-0.2, -0.15) is 0 Å². The Morgan fingerprint density at radius 3 is 3.00 bits per heavy atom. The first-order valence-electron chi connectivity index (χ1n) is 5.84. The number of benzene rings is 1. The zero-order valence-corrected chi connectivity index (χ0v) is 9.44. The van der Waals surface area contributed by atoms with Gasteiger partial charge in [0, 0.05) is 24.4 Å². The van der Waals surface area contributed by atoms with Crippen molar-refractivity contribution in [3.8, 4) is 5.69 Å². The van der Waals surface area contributed by atoms with Crippen LogP contribution in [0.1, 0.15) is 18.0 Å². The van der Waals surface area contributed by atoms with E-state index < -0.39 is 0 Å². The van der Waals surface area contributed by atoms with E-state index in [1.165, 1.54) is 6.07 Å². The average Bonchev–Trinajstić information content (AvgIpc) is 3.00. The second-order valence-corrected chi connectivity index (χ2v) is 4.33. The van der Waals surface area contributed by atoms with Crippen LogP contribution in [0.2, 0.25) is 0 Å². The summed E-state index contributed by atoms with van der Waals surface area (Å²) in [6.45, 7) is 1.97. The van der Waals surface area contributed by atoms with Crippen LogP contribution in [-0.4, -0.2) is 22.6 Å². The van der Waals surface area contributed by atoms with Crippen LogP contribution >= 0.6 is 0 Å². The molecule has 0 aliphatic carbocycles. The summed E-state index contributed by atoms with van der Waals surface area (Å²) in [7, 11) is 0. The summed E-state index contributed by atoms with van der Waals surface area (Å²) in [6.07, 6.45) is 4.61. The first-order chi connectivity index (χ1) is 8.36. The highest BCUT2D eigenvalue weighted by atomic mass is 19.1. The Labute approximate surface area is 99.3 Å². The van der Waals surface area contributed by atoms with Crippen LogP contribution in [0.3, 0.4) is 0 Å². The Balaban J connectivity index is 2.04. The van der Waals surface area contributed by atoms with Crippen molar-refractivity contribution in [2.24, 2.45) is 0 Å². The highest BCUT2D eigenvalue weighted by molar-refractivity contribution is 5.36. The van der Waals surface area contributed by atoms with Crippen LogP contribution in [-0.2, 0) is 0 Å². The maximum absolute atomic E-state index is 13.8. The number of nitrogens with zero attached hydrogens (tertiary/aromatic N) is 2. The van der Waals surface area contributed by atoms with Gasteiger partial charge < -0.3 is 9.88 Å². The third kappa shape index (κ3) is 1.85. The largest absolute Gasteiger partial charge is 0.316 e. The molecule has 0 spiro atoms. The third-order valence-corrected chi connectivity index (χ3v) is 3.26. The number of imidazole rings is 1. The molecule has 3 rings (SSSR count). The molecule has 88 valence electrons. The number of aromatic nitrogens is 2. The molecule has 1 aromatic carbocycles. The molecule has 1 fully saturated rings. The van der Waals surface area contributed by atoms with Crippen LogP contribution in [0.5, 0.6) is 0 Å². The first kappa shape index (κ1) is 10.5. The van der Waals surface area contributed by atoms with E-state index in [0.29, 0.717) is 11.6 Å². The molecular weight excluding hydrogens is 217 g/mol. The molecule has 17 heavy (non-hydrogen) atoms. The number of halogens is 1. The number of nitrogens with one attached hydrogen (secondary N) is 1. The molecule has 1 aliphatic heterocycles. The Hall–Kier alpha value is -1.68. The van der Waals surface area contributed by atoms with Crippen molar-refractivity contribution in [3.05, 3.63) is 48.3 Å². The molecule has 1 aromatic heterocycles. The molecule has 0 radical (unpaired) electrons. The maximum atomic E-state index is 13.8. The number of para-hydroxylation sites is 1. The zero-order chi connectivity index (χ0) is 11.7. The smallest absolute Gasteiger partial charge is 0.147 e. The Kier molecular flexibility index (Phi) is 2.65.